The minimum absolute atomic E-state index is 0.166. The molecule has 1 aliphatic heterocycles. The standard InChI is InChI=1S/C20H23ClFN3S/c1-15(16-6-3-2-4-7-16)23-20(26)25-12-10-24(11-13-25)14-17-18(21)8-5-9-19(17)22/h2-9,15H,10-14H2,1H3,(H,23,26). The third kappa shape index (κ3) is 4.72. The maximum absolute atomic E-state index is 14.0. The van der Waals surface area contributed by atoms with Gasteiger partial charge in [0.05, 0.1) is 6.04 Å². The summed E-state index contributed by atoms with van der Waals surface area (Å²) in [5, 5.41) is 4.66. The summed E-state index contributed by atoms with van der Waals surface area (Å²) >= 11 is 11.7. The molecule has 0 spiro atoms. The van der Waals surface area contributed by atoms with Crippen molar-refractivity contribution in [2.75, 3.05) is 26.2 Å². The SMILES string of the molecule is CC(NC(=S)N1CCN(Cc2c(F)cccc2Cl)CC1)c1ccccc1. The van der Waals surface area contributed by atoms with Gasteiger partial charge in [-0.3, -0.25) is 4.90 Å². The molecular weight excluding hydrogens is 369 g/mol. The lowest BCUT2D eigenvalue weighted by Crippen LogP contribution is -2.51. The Labute approximate surface area is 164 Å². The molecule has 1 fully saturated rings. The normalized spacial score (nSPS) is 16.3. The fraction of sp³-hybridized carbons (Fsp3) is 0.350. The molecule has 2 aromatic carbocycles. The van der Waals surface area contributed by atoms with E-state index >= 15 is 0 Å². The van der Waals surface area contributed by atoms with Crippen LogP contribution >= 0.6 is 23.8 Å². The van der Waals surface area contributed by atoms with E-state index in [0.717, 1.165) is 31.3 Å². The van der Waals surface area contributed by atoms with Crippen LogP contribution in [0, 0.1) is 5.82 Å². The summed E-state index contributed by atoms with van der Waals surface area (Å²) in [5.74, 6) is -0.242. The summed E-state index contributed by atoms with van der Waals surface area (Å²) in [6.45, 7) is 5.93. The highest BCUT2D eigenvalue weighted by molar-refractivity contribution is 7.80. The van der Waals surface area contributed by atoms with Crippen molar-refractivity contribution in [1.82, 2.24) is 15.1 Å². The van der Waals surface area contributed by atoms with E-state index < -0.39 is 0 Å². The second kappa shape index (κ2) is 8.80. The summed E-state index contributed by atoms with van der Waals surface area (Å²) in [5.41, 5.74) is 1.78. The summed E-state index contributed by atoms with van der Waals surface area (Å²) in [4.78, 5) is 4.39. The molecule has 1 atom stereocenters. The zero-order chi connectivity index (χ0) is 18.5. The molecule has 1 saturated heterocycles. The zero-order valence-electron chi connectivity index (χ0n) is 14.8. The van der Waals surface area contributed by atoms with E-state index in [0.29, 0.717) is 17.1 Å². The van der Waals surface area contributed by atoms with Crippen LogP contribution in [0.1, 0.15) is 24.1 Å². The number of rotatable bonds is 4. The summed E-state index contributed by atoms with van der Waals surface area (Å²) in [7, 11) is 0. The van der Waals surface area contributed by atoms with E-state index in [1.165, 1.54) is 11.6 Å². The third-order valence-corrected chi connectivity index (χ3v) is 5.47. The predicted octanol–water partition coefficient (Wildman–Crippen LogP) is 4.23. The first kappa shape index (κ1) is 19.1. The Kier molecular flexibility index (Phi) is 6.46. The molecule has 0 aliphatic carbocycles. The van der Waals surface area contributed by atoms with Crippen molar-refractivity contribution in [3.8, 4) is 0 Å². The molecule has 1 unspecified atom stereocenters. The van der Waals surface area contributed by atoms with Gasteiger partial charge in [-0.2, -0.15) is 0 Å². The molecule has 1 aliphatic rings. The number of piperazine rings is 1. The molecule has 0 bridgehead atoms. The number of halogens is 2. The maximum Gasteiger partial charge on any atom is 0.169 e. The Hall–Kier alpha value is -1.69. The van der Waals surface area contributed by atoms with E-state index in [9.17, 15) is 4.39 Å². The average Bonchev–Trinajstić information content (AvgIpc) is 2.66. The highest BCUT2D eigenvalue weighted by Gasteiger charge is 2.21. The monoisotopic (exact) mass is 391 g/mol. The molecule has 3 rings (SSSR count). The van der Waals surface area contributed by atoms with Crippen molar-refractivity contribution < 1.29 is 4.39 Å². The van der Waals surface area contributed by atoms with Crippen molar-refractivity contribution >= 4 is 28.9 Å². The minimum Gasteiger partial charge on any atom is -0.356 e. The Bertz CT molecular complexity index is 728. The van der Waals surface area contributed by atoms with Crippen molar-refractivity contribution in [2.24, 2.45) is 0 Å². The average molecular weight is 392 g/mol. The lowest BCUT2D eigenvalue weighted by atomic mass is 10.1. The molecular formula is C20H23ClFN3S. The van der Waals surface area contributed by atoms with Gasteiger partial charge in [0, 0.05) is 43.3 Å². The Morgan fingerprint density at radius 2 is 1.81 bits per heavy atom. The molecule has 3 nitrogen and oxygen atoms in total. The largest absolute Gasteiger partial charge is 0.356 e. The van der Waals surface area contributed by atoms with Gasteiger partial charge in [0.15, 0.2) is 5.11 Å². The van der Waals surface area contributed by atoms with Crippen molar-refractivity contribution in [1.29, 1.82) is 0 Å². The number of hydrogen-bond donors (Lipinski definition) is 1. The van der Waals surface area contributed by atoms with Crippen LogP contribution in [0.3, 0.4) is 0 Å². The Balaban J connectivity index is 1.51. The van der Waals surface area contributed by atoms with Crippen molar-refractivity contribution in [3.63, 3.8) is 0 Å². The fourth-order valence-corrected chi connectivity index (χ4v) is 3.70. The van der Waals surface area contributed by atoms with E-state index in [1.807, 2.05) is 18.2 Å². The van der Waals surface area contributed by atoms with E-state index in [-0.39, 0.29) is 11.9 Å². The summed E-state index contributed by atoms with van der Waals surface area (Å²) < 4.78 is 14.0. The van der Waals surface area contributed by atoms with Gasteiger partial charge in [-0.15, -0.1) is 0 Å². The van der Waals surface area contributed by atoms with Gasteiger partial charge in [0.1, 0.15) is 5.82 Å². The van der Waals surface area contributed by atoms with Crippen molar-refractivity contribution in [2.45, 2.75) is 19.5 Å². The molecule has 1 N–H and O–H groups in total. The van der Waals surface area contributed by atoms with Gasteiger partial charge >= 0.3 is 0 Å². The summed E-state index contributed by atoms with van der Waals surface area (Å²) in [6.07, 6.45) is 0. The fourth-order valence-electron chi connectivity index (χ4n) is 3.12. The van der Waals surface area contributed by atoms with Crippen LogP contribution in [-0.4, -0.2) is 41.1 Å². The zero-order valence-corrected chi connectivity index (χ0v) is 16.4. The van der Waals surface area contributed by atoms with Crippen LogP contribution in [-0.2, 0) is 6.54 Å². The van der Waals surface area contributed by atoms with Gasteiger partial charge in [0.2, 0.25) is 0 Å². The topological polar surface area (TPSA) is 18.5 Å². The van der Waals surface area contributed by atoms with Crippen LogP contribution in [0.25, 0.3) is 0 Å². The van der Waals surface area contributed by atoms with Gasteiger partial charge in [-0.25, -0.2) is 4.39 Å². The van der Waals surface area contributed by atoms with Gasteiger partial charge in [0.25, 0.3) is 0 Å². The van der Waals surface area contributed by atoms with E-state index in [2.05, 4.69) is 34.2 Å². The molecule has 0 saturated carbocycles. The summed E-state index contributed by atoms with van der Waals surface area (Å²) in [6, 6.07) is 15.3. The third-order valence-electron chi connectivity index (χ3n) is 4.74. The molecule has 138 valence electrons. The van der Waals surface area contributed by atoms with Crippen molar-refractivity contribution in [3.05, 3.63) is 70.5 Å². The molecule has 26 heavy (non-hydrogen) atoms. The van der Waals surface area contributed by atoms with Crippen LogP contribution in [0.15, 0.2) is 48.5 Å². The van der Waals surface area contributed by atoms with Crippen LogP contribution in [0.2, 0.25) is 5.02 Å². The van der Waals surface area contributed by atoms with E-state index in [4.69, 9.17) is 23.8 Å². The van der Waals surface area contributed by atoms with Crippen LogP contribution in [0.5, 0.6) is 0 Å². The van der Waals surface area contributed by atoms with Gasteiger partial charge < -0.3 is 10.2 Å². The molecule has 6 heteroatoms. The number of benzene rings is 2. The lowest BCUT2D eigenvalue weighted by Gasteiger charge is -2.37. The second-order valence-corrected chi connectivity index (χ2v) is 7.34. The lowest BCUT2D eigenvalue weighted by molar-refractivity contribution is 0.172. The van der Waals surface area contributed by atoms with E-state index in [1.54, 1.807) is 12.1 Å². The maximum atomic E-state index is 14.0. The highest BCUT2D eigenvalue weighted by atomic mass is 35.5. The smallest absolute Gasteiger partial charge is 0.169 e. The molecule has 0 aromatic heterocycles. The van der Waals surface area contributed by atoms with Crippen LogP contribution < -0.4 is 5.32 Å². The first-order valence-electron chi connectivity index (χ1n) is 8.80. The van der Waals surface area contributed by atoms with Gasteiger partial charge in [-0.1, -0.05) is 48.0 Å². The first-order valence-corrected chi connectivity index (χ1v) is 9.59. The van der Waals surface area contributed by atoms with Crippen LogP contribution in [0.4, 0.5) is 4.39 Å². The molecule has 0 amide bonds. The number of nitrogens with one attached hydrogen (secondary N) is 1. The molecule has 2 aromatic rings. The Morgan fingerprint density at radius 1 is 1.12 bits per heavy atom. The number of thiocarbonyl (C=S) groups is 1. The quantitative estimate of drug-likeness (QED) is 0.785. The molecule has 1 heterocycles. The van der Waals surface area contributed by atoms with Gasteiger partial charge in [-0.05, 0) is 36.8 Å². The first-order chi connectivity index (χ1) is 12.5. The Morgan fingerprint density at radius 3 is 2.46 bits per heavy atom. The number of nitrogens with zero attached hydrogens (tertiary/aromatic N) is 2. The molecule has 0 radical (unpaired) electrons. The number of hydrogen-bond acceptors (Lipinski definition) is 2. The predicted molar refractivity (Wildman–Crippen MR) is 109 cm³/mol. The second-order valence-electron chi connectivity index (χ2n) is 6.55. The minimum atomic E-state index is -0.242. The highest BCUT2D eigenvalue weighted by Crippen LogP contribution is 2.21.